The fourth-order valence-corrected chi connectivity index (χ4v) is 3.34. The van der Waals surface area contributed by atoms with Crippen molar-refractivity contribution in [3.63, 3.8) is 0 Å². The van der Waals surface area contributed by atoms with Crippen LogP contribution in [0.5, 0.6) is 5.75 Å². The van der Waals surface area contributed by atoms with E-state index in [4.69, 9.17) is 4.74 Å². The van der Waals surface area contributed by atoms with Gasteiger partial charge in [0.15, 0.2) is 6.61 Å². The Kier molecular flexibility index (Phi) is 7.44. The lowest BCUT2D eigenvalue weighted by molar-refractivity contribution is -0.118. The molecule has 0 saturated heterocycles. The highest BCUT2D eigenvalue weighted by molar-refractivity contribution is 9.10. The Morgan fingerprint density at radius 3 is 2.48 bits per heavy atom. The van der Waals surface area contributed by atoms with Crippen LogP contribution in [0.15, 0.2) is 77.3 Å². The zero-order valence-electron chi connectivity index (χ0n) is 16.6. The number of hydrogen-bond donors (Lipinski definition) is 2. The van der Waals surface area contributed by atoms with Crippen LogP contribution >= 0.6 is 15.9 Å². The largest absolute Gasteiger partial charge is 0.483 e. The van der Waals surface area contributed by atoms with E-state index in [1.165, 1.54) is 5.56 Å². The summed E-state index contributed by atoms with van der Waals surface area (Å²) < 4.78 is 6.79. The van der Waals surface area contributed by atoms with Gasteiger partial charge in [0.2, 0.25) is 0 Å². The molecule has 0 radical (unpaired) electrons. The predicted molar refractivity (Wildman–Crippen MR) is 121 cm³/mol. The summed E-state index contributed by atoms with van der Waals surface area (Å²) in [5.41, 5.74) is 4.13. The topological polar surface area (TPSA) is 50.4 Å². The molecule has 0 spiro atoms. The van der Waals surface area contributed by atoms with E-state index >= 15 is 0 Å². The van der Waals surface area contributed by atoms with Gasteiger partial charge in [-0.25, -0.2) is 0 Å². The van der Waals surface area contributed by atoms with Crippen molar-refractivity contribution in [2.45, 2.75) is 26.4 Å². The molecule has 0 bridgehead atoms. The van der Waals surface area contributed by atoms with Gasteiger partial charge in [0, 0.05) is 28.3 Å². The van der Waals surface area contributed by atoms with Crippen molar-refractivity contribution in [1.29, 1.82) is 0 Å². The maximum atomic E-state index is 12.2. The number of ether oxygens (including phenoxy) is 1. The predicted octanol–water partition coefficient (Wildman–Crippen LogP) is 5.63. The fraction of sp³-hybridized carbons (Fsp3) is 0.208. The number of rotatable bonds is 8. The van der Waals surface area contributed by atoms with Crippen molar-refractivity contribution in [2.75, 3.05) is 11.9 Å². The molecule has 1 amide bonds. The first-order valence-corrected chi connectivity index (χ1v) is 10.4. The minimum Gasteiger partial charge on any atom is -0.483 e. The lowest BCUT2D eigenvalue weighted by Crippen LogP contribution is -2.22. The van der Waals surface area contributed by atoms with Gasteiger partial charge in [-0.15, -0.1) is 0 Å². The summed E-state index contributed by atoms with van der Waals surface area (Å²) in [6.45, 7) is 4.72. The molecule has 0 saturated carbocycles. The second-order valence-electron chi connectivity index (χ2n) is 6.97. The van der Waals surface area contributed by atoms with Crippen LogP contribution < -0.4 is 15.4 Å². The summed E-state index contributed by atoms with van der Waals surface area (Å²) >= 11 is 3.52. The number of halogens is 1. The Morgan fingerprint density at radius 2 is 1.76 bits per heavy atom. The number of carbonyl (C=O) groups is 1. The van der Waals surface area contributed by atoms with Crippen LogP contribution in [0.3, 0.4) is 0 Å². The van der Waals surface area contributed by atoms with Crippen LogP contribution in [0.25, 0.3) is 0 Å². The molecule has 2 N–H and O–H groups in total. The molecule has 0 fully saturated rings. The summed E-state index contributed by atoms with van der Waals surface area (Å²) in [4.78, 5) is 12.2. The Labute approximate surface area is 180 Å². The monoisotopic (exact) mass is 452 g/mol. The van der Waals surface area contributed by atoms with E-state index < -0.39 is 0 Å². The molecule has 0 aliphatic heterocycles. The van der Waals surface area contributed by atoms with Crippen LogP contribution in [0.2, 0.25) is 0 Å². The van der Waals surface area contributed by atoms with Crippen molar-refractivity contribution >= 4 is 27.5 Å². The van der Waals surface area contributed by atoms with Gasteiger partial charge in [0.25, 0.3) is 5.91 Å². The van der Waals surface area contributed by atoms with E-state index in [-0.39, 0.29) is 18.6 Å². The van der Waals surface area contributed by atoms with Crippen LogP contribution in [0.4, 0.5) is 5.69 Å². The van der Waals surface area contributed by atoms with Crippen LogP contribution in [-0.4, -0.2) is 12.5 Å². The molecule has 0 aliphatic rings. The first-order chi connectivity index (χ1) is 14.0. The molecular weight excluding hydrogens is 428 g/mol. The Bertz CT molecular complexity index is 943. The Morgan fingerprint density at radius 1 is 1.03 bits per heavy atom. The van der Waals surface area contributed by atoms with E-state index in [1.807, 2.05) is 67.6 Å². The van der Waals surface area contributed by atoms with E-state index in [9.17, 15) is 4.79 Å². The molecule has 3 rings (SSSR count). The van der Waals surface area contributed by atoms with Gasteiger partial charge in [0.05, 0.1) is 0 Å². The third-order valence-electron chi connectivity index (χ3n) is 4.61. The SMILES string of the molecule is Cc1ccc(NC(=O)COc2ccc(Br)cc2CN[C@H](C)c2ccccc2)cc1. The number of nitrogens with one attached hydrogen (secondary N) is 2. The number of hydrogen-bond acceptors (Lipinski definition) is 3. The van der Waals surface area contributed by atoms with E-state index in [0.29, 0.717) is 12.3 Å². The van der Waals surface area contributed by atoms with Crippen molar-refractivity contribution < 1.29 is 9.53 Å². The molecule has 150 valence electrons. The maximum Gasteiger partial charge on any atom is 0.262 e. The van der Waals surface area contributed by atoms with Crippen molar-refractivity contribution in [3.05, 3.63) is 94.0 Å². The van der Waals surface area contributed by atoms with Crippen LogP contribution in [0.1, 0.15) is 29.7 Å². The molecule has 0 unspecified atom stereocenters. The molecule has 29 heavy (non-hydrogen) atoms. The summed E-state index contributed by atoms with van der Waals surface area (Å²) in [6.07, 6.45) is 0. The minimum atomic E-state index is -0.187. The van der Waals surface area contributed by atoms with Crippen molar-refractivity contribution in [3.8, 4) is 5.75 Å². The molecule has 4 nitrogen and oxygen atoms in total. The zero-order valence-corrected chi connectivity index (χ0v) is 18.2. The van der Waals surface area contributed by atoms with Gasteiger partial charge in [-0.3, -0.25) is 4.79 Å². The van der Waals surface area contributed by atoms with Gasteiger partial charge in [0.1, 0.15) is 5.75 Å². The normalized spacial score (nSPS) is 11.7. The van der Waals surface area contributed by atoms with E-state index in [2.05, 4.69) is 45.6 Å². The standard InChI is InChI=1S/C24H25BrN2O2/c1-17-8-11-22(12-9-17)27-24(28)16-29-23-13-10-21(25)14-20(23)15-26-18(2)19-6-4-3-5-7-19/h3-14,18,26H,15-16H2,1-2H3,(H,27,28)/t18-/m1/s1. The molecule has 0 aliphatic carbocycles. The molecule has 3 aromatic rings. The third kappa shape index (κ3) is 6.44. The highest BCUT2D eigenvalue weighted by atomic mass is 79.9. The fourth-order valence-electron chi connectivity index (χ4n) is 2.93. The molecule has 1 atom stereocenters. The molecule has 5 heteroatoms. The average Bonchev–Trinajstić information content (AvgIpc) is 2.73. The smallest absolute Gasteiger partial charge is 0.262 e. The molecule has 3 aromatic carbocycles. The van der Waals surface area contributed by atoms with Crippen LogP contribution in [0, 0.1) is 6.92 Å². The van der Waals surface area contributed by atoms with Gasteiger partial charge >= 0.3 is 0 Å². The number of aryl methyl sites for hydroxylation is 1. The second-order valence-corrected chi connectivity index (χ2v) is 7.88. The molecule has 0 aromatic heterocycles. The quantitative estimate of drug-likeness (QED) is 0.465. The summed E-state index contributed by atoms with van der Waals surface area (Å²) in [5.74, 6) is 0.508. The van der Waals surface area contributed by atoms with Gasteiger partial charge in [-0.2, -0.15) is 0 Å². The lowest BCUT2D eigenvalue weighted by Gasteiger charge is -2.17. The number of anilines is 1. The van der Waals surface area contributed by atoms with Gasteiger partial charge in [-0.1, -0.05) is 64.0 Å². The highest BCUT2D eigenvalue weighted by Crippen LogP contribution is 2.24. The lowest BCUT2D eigenvalue weighted by atomic mass is 10.1. The molecular formula is C24H25BrN2O2. The minimum absolute atomic E-state index is 0.0449. The average molecular weight is 453 g/mol. The Hall–Kier alpha value is -2.63. The molecule has 0 heterocycles. The maximum absolute atomic E-state index is 12.2. The highest BCUT2D eigenvalue weighted by Gasteiger charge is 2.10. The van der Waals surface area contributed by atoms with Crippen molar-refractivity contribution in [1.82, 2.24) is 5.32 Å². The first kappa shape index (κ1) is 21.1. The van der Waals surface area contributed by atoms with Crippen molar-refractivity contribution in [2.24, 2.45) is 0 Å². The zero-order chi connectivity index (χ0) is 20.6. The second kappa shape index (κ2) is 10.2. The summed E-state index contributed by atoms with van der Waals surface area (Å²) in [6, 6.07) is 24.0. The number of carbonyl (C=O) groups excluding carboxylic acids is 1. The Balaban J connectivity index is 1.59. The van der Waals surface area contributed by atoms with Crippen LogP contribution in [-0.2, 0) is 11.3 Å². The van der Waals surface area contributed by atoms with E-state index in [1.54, 1.807) is 0 Å². The van der Waals surface area contributed by atoms with Gasteiger partial charge < -0.3 is 15.4 Å². The number of benzene rings is 3. The number of amides is 1. The summed E-state index contributed by atoms with van der Waals surface area (Å²) in [7, 11) is 0. The van der Waals surface area contributed by atoms with Gasteiger partial charge in [-0.05, 0) is 49.7 Å². The summed E-state index contributed by atoms with van der Waals surface area (Å²) in [5, 5.41) is 6.37. The van der Waals surface area contributed by atoms with E-state index in [0.717, 1.165) is 21.3 Å². The first-order valence-electron chi connectivity index (χ1n) is 9.57. The third-order valence-corrected chi connectivity index (χ3v) is 5.11.